The molecule has 7 nitrogen and oxygen atoms in total. The van der Waals surface area contributed by atoms with Gasteiger partial charge in [-0.05, 0) is 60.9 Å². The van der Waals surface area contributed by atoms with E-state index >= 15 is 0 Å². The third-order valence-electron chi connectivity index (χ3n) is 7.17. The first-order chi connectivity index (χ1) is 18.2. The molecule has 5 rings (SSSR count). The van der Waals surface area contributed by atoms with E-state index in [1.54, 1.807) is 13.0 Å². The number of esters is 1. The Bertz CT molecular complexity index is 1490. The van der Waals surface area contributed by atoms with Crippen molar-refractivity contribution in [2.45, 2.75) is 32.4 Å². The summed E-state index contributed by atoms with van der Waals surface area (Å²) in [4.78, 5) is 18.1. The number of carbonyl (C=O) groups is 1. The average Bonchev–Trinajstić information content (AvgIpc) is 3.68. The van der Waals surface area contributed by atoms with E-state index in [1.165, 1.54) is 6.07 Å². The van der Waals surface area contributed by atoms with Gasteiger partial charge in [0.05, 0.1) is 44.0 Å². The third-order valence-corrected chi connectivity index (χ3v) is 8.37. The number of rotatable bonds is 7. The number of nitrogens with zero attached hydrogens (tertiary/aromatic N) is 3. The summed E-state index contributed by atoms with van der Waals surface area (Å²) in [5, 5.41) is 11.8. The minimum Gasteiger partial charge on any atom is -0.506 e. The summed E-state index contributed by atoms with van der Waals surface area (Å²) in [6, 6.07) is 5.03. The largest absolute Gasteiger partial charge is 0.506 e. The fraction of sp³-hybridized carbons (Fsp3) is 0.407. The summed E-state index contributed by atoms with van der Waals surface area (Å²) in [5.74, 6) is -2.73. The maximum absolute atomic E-state index is 14.3. The number of likely N-dealkylation sites (N-methyl/N-ethyl adjacent to an activating group) is 1. The quantitative estimate of drug-likeness (QED) is 0.208. The SMILES string of the molecule is CCOC(=O)c1c(C(=S=O)c2ccc(F)c(F)c2)n(C2CC2)c2cc(Br)c(O)c(CN3CCN(C)CC3)c12.Cl.Cl. The van der Waals surface area contributed by atoms with Crippen LogP contribution in [0, 0.1) is 11.6 Å². The standard InChI is InChI=1S/C27H28BrF2N3O4S.2ClH/c1-3-37-27(35)23-22-17(14-32-10-8-31(2)9-11-32)25(34)18(28)13-21(22)33(16-5-6-16)24(23)26(38-36)15-4-7-19(29)20(30)12-15;;/h4,7,12-13,16,34H,3,5-6,8-11,14H2,1-2H3;2*1H. The molecule has 1 aromatic heterocycles. The van der Waals surface area contributed by atoms with Crippen molar-refractivity contribution in [3.05, 3.63) is 62.8 Å². The second kappa shape index (κ2) is 13.3. The van der Waals surface area contributed by atoms with Crippen LogP contribution in [0.3, 0.4) is 0 Å². The van der Waals surface area contributed by atoms with Crippen LogP contribution in [0.15, 0.2) is 28.7 Å². The molecule has 1 aliphatic heterocycles. The van der Waals surface area contributed by atoms with Crippen LogP contribution >= 0.6 is 40.7 Å². The molecule has 1 saturated carbocycles. The summed E-state index contributed by atoms with van der Waals surface area (Å²) in [7, 11) is 2.06. The molecule has 3 aromatic rings. The Balaban J connectivity index is 0.00000220. The second-order valence-corrected chi connectivity index (χ2v) is 11.2. The number of hydrogen-bond donors (Lipinski definition) is 1. The van der Waals surface area contributed by atoms with Gasteiger partial charge >= 0.3 is 5.97 Å². The van der Waals surface area contributed by atoms with Crippen molar-refractivity contribution in [1.29, 1.82) is 0 Å². The number of piperazine rings is 1. The predicted octanol–water partition coefficient (Wildman–Crippen LogP) is 5.27. The minimum absolute atomic E-state index is 0. The molecule has 2 heterocycles. The second-order valence-electron chi connectivity index (χ2n) is 9.75. The van der Waals surface area contributed by atoms with Gasteiger partial charge in [-0.15, -0.1) is 24.8 Å². The molecule has 1 saturated heterocycles. The first-order valence-electron chi connectivity index (χ1n) is 12.5. The summed E-state index contributed by atoms with van der Waals surface area (Å²) >= 11 is 3.62. The lowest BCUT2D eigenvalue weighted by molar-refractivity contribution is 0.0528. The minimum atomic E-state index is -1.09. The smallest absolute Gasteiger partial charge is 0.341 e. The summed E-state index contributed by atoms with van der Waals surface area (Å²) in [5.41, 5.74) is 1.87. The van der Waals surface area contributed by atoms with E-state index in [1.807, 2.05) is 4.57 Å². The zero-order valence-corrected chi connectivity index (χ0v) is 26.0. The van der Waals surface area contributed by atoms with Gasteiger partial charge in [0.25, 0.3) is 0 Å². The van der Waals surface area contributed by atoms with Crippen LogP contribution < -0.4 is 0 Å². The molecule has 0 atom stereocenters. The van der Waals surface area contributed by atoms with Crippen LogP contribution in [0.5, 0.6) is 5.75 Å². The molecule has 0 radical (unpaired) electrons. The number of aromatic hydroxyl groups is 1. The summed E-state index contributed by atoms with van der Waals surface area (Å²) < 4.78 is 48.5. The molecular weight excluding hydrogens is 651 g/mol. The molecule has 40 heavy (non-hydrogen) atoms. The molecule has 2 fully saturated rings. The predicted molar refractivity (Wildman–Crippen MR) is 161 cm³/mol. The number of halogens is 5. The third kappa shape index (κ3) is 6.10. The highest BCUT2D eigenvalue weighted by Crippen LogP contribution is 2.46. The highest BCUT2D eigenvalue weighted by atomic mass is 79.9. The van der Waals surface area contributed by atoms with Crippen LogP contribution in [0.25, 0.3) is 10.9 Å². The van der Waals surface area contributed by atoms with Gasteiger partial charge in [-0.1, -0.05) is 6.07 Å². The van der Waals surface area contributed by atoms with Crippen molar-refractivity contribution >= 4 is 73.7 Å². The molecule has 1 aliphatic carbocycles. The van der Waals surface area contributed by atoms with Crippen molar-refractivity contribution in [3.8, 4) is 5.75 Å². The Hall–Kier alpha value is -2.02. The Morgan fingerprint density at radius 3 is 2.38 bits per heavy atom. The molecule has 2 aliphatic rings. The van der Waals surface area contributed by atoms with Crippen LogP contribution in [0.4, 0.5) is 8.78 Å². The molecule has 0 amide bonds. The van der Waals surface area contributed by atoms with Gasteiger partial charge in [0.1, 0.15) is 5.75 Å². The Kier molecular flexibility index (Phi) is 10.8. The number of carbonyl (C=O) groups excluding carboxylic acids is 1. The highest BCUT2D eigenvalue weighted by molar-refractivity contribution is 9.10. The van der Waals surface area contributed by atoms with E-state index in [0.717, 1.165) is 51.2 Å². The Labute approximate surface area is 255 Å². The monoisotopic (exact) mass is 679 g/mol. The summed E-state index contributed by atoms with van der Waals surface area (Å²) in [6.07, 6.45) is 1.67. The van der Waals surface area contributed by atoms with Gasteiger partial charge in [-0.2, -0.15) is 0 Å². The molecule has 2 aromatic carbocycles. The normalized spacial score (nSPS) is 15.8. The van der Waals surface area contributed by atoms with E-state index < -0.39 is 17.6 Å². The van der Waals surface area contributed by atoms with Gasteiger partial charge in [-0.3, -0.25) is 4.90 Å². The number of hydrogen-bond acceptors (Lipinski definition) is 6. The first-order valence-corrected chi connectivity index (χ1v) is 14.1. The van der Waals surface area contributed by atoms with Gasteiger partial charge < -0.3 is 19.3 Å². The zero-order chi connectivity index (χ0) is 27.1. The number of ether oxygens (including phenoxy) is 1. The van der Waals surface area contributed by atoms with Gasteiger partial charge in [-0.25, -0.2) is 17.8 Å². The average molecular weight is 681 g/mol. The highest BCUT2D eigenvalue weighted by Gasteiger charge is 2.37. The molecular formula is C27H30BrCl2F2N3O4S. The lowest BCUT2D eigenvalue weighted by Gasteiger charge is -2.32. The van der Waals surface area contributed by atoms with Gasteiger partial charge in [0, 0.05) is 55.3 Å². The fourth-order valence-corrected chi connectivity index (χ4v) is 6.05. The molecule has 0 bridgehead atoms. The fourth-order valence-electron chi connectivity index (χ4n) is 5.09. The van der Waals surface area contributed by atoms with E-state index in [2.05, 4.69) is 32.8 Å². The molecule has 13 heteroatoms. The maximum atomic E-state index is 14.3. The summed E-state index contributed by atoms with van der Waals surface area (Å²) in [6.45, 7) is 5.51. The van der Waals surface area contributed by atoms with E-state index in [9.17, 15) is 22.9 Å². The van der Waals surface area contributed by atoms with Crippen LogP contribution in [-0.4, -0.2) is 74.3 Å². The van der Waals surface area contributed by atoms with Crippen LogP contribution in [0.2, 0.25) is 0 Å². The van der Waals surface area contributed by atoms with Crippen molar-refractivity contribution in [3.63, 3.8) is 0 Å². The van der Waals surface area contributed by atoms with E-state index in [4.69, 9.17) is 4.74 Å². The maximum Gasteiger partial charge on any atom is 0.341 e. The first kappa shape index (κ1) is 32.5. The number of aromatic nitrogens is 1. The van der Waals surface area contributed by atoms with Crippen molar-refractivity contribution < 1.29 is 27.6 Å². The van der Waals surface area contributed by atoms with Crippen molar-refractivity contribution in [1.82, 2.24) is 14.4 Å². The number of phenolic OH excluding ortho intramolecular Hbond substituents is 1. The Morgan fingerprint density at radius 2 is 1.80 bits per heavy atom. The van der Waals surface area contributed by atoms with Gasteiger partial charge in [0.15, 0.2) is 11.6 Å². The Morgan fingerprint density at radius 1 is 1.12 bits per heavy atom. The lowest BCUT2D eigenvalue weighted by atomic mass is 10.00. The lowest BCUT2D eigenvalue weighted by Crippen LogP contribution is -2.43. The molecule has 1 N–H and O–H groups in total. The van der Waals surface area contributed by atoms with E-state index in [0.29, 0.717) is 33.2 Å². The molecule has 218 valence electrons. The topological polar surface area (TPSA) is 75.0 Å². The van der Waals surface area contributed by atoms with E-state index in [-0.39, 0.29) is 70.5 Å². The van der Waals surface area contributed by atoms with Crippen LogP contribution in [0.1, 0.15) is 53.0 Å². The molecule has 0 spiro atoms. The van der Waals surface area contributed by atoms with Gasteiger partial charge in [0.2, 0.25) is 0 Å². The molecule has 0 unspecified atom stereocenters. The van der Waals surface area contributed by atoms with Crippen LogP contribution in [-0.2, 0) is 22.5 Å². The number of benzene rings is 2. The van der Waals surface area contributed by atoms with Crippen molar-refractivity contribution in [2.75, 3.05) is 39.8 Å². The van der Waals surface area contributed by atoms with Crippen molar-refractivity contribution in [2.24, 2.45) is 0 Å². The number of fused-ring (bicyclic) bond motifs is 1. The zero-order valence-electron chi connectivity index (χ0n) is 21.9. The number of phenols is 1.